The summed E-state index contributed by atoms with van der Waals surface area (Å²) < 4.78 is 6.82. The Hall–Kier alpha value is -2.73. The number of carbonyl (C=O) groups excluding carboxylic acids is 1. The highest BCUT2D eigenvalue weighted by Gasteiger charge is 2.10. The van der Waals surface area contributed by atoms with E-state index in [1.807, 2.05) is 16.8 Å². The SMILES string of the molecule is COCCCNC(=O)c1ccc2c(c1)nnn2Cc1ccc(C)cc1. The minimum absolute atomic E-state index is 0.105. The number of fused-ring (bicyclic) bond motifs is 1. The van der Waals surface area contributed by atoms with Crippen LogP contribution in [0.1, 0.15) is 27.9 Å². The van der Waals surface area contributed by atoms with Crippen LogP contribution in [0, 0.1) is 6.92 Å². The first-order chi connectivity index (χ1) is 12.2. The first kappa shape index (κ1) is 17.1. The molecule has 3 aromatic rings. The Bertz CT molecular complexity index is 855. The predicted octanol–water partition coefficient (Wildman–Crippen LogP) is 2.55. The average Bonchev–Trinajstić information content (AvgIpc) is 3.02. The van der Waals surface area contributed by atoms with Crippen LogP contribution in [-0.2, 0) is 11.3 Å². The molecule has 25 heavy (non-hydrogen) atoms. The number of hydrogen-bond acceptors (Lipinski definition) is 4. The van der Waals surface area contributed by atoms with E-state index in [9.17, 15) is 4.79 Å². The molecule has 6 nitrogen and oxygen atoms in total. The van der Waals surface area contributed by atoms with Crippen molar-refractivity contribution >= 4 is 16.9 Å². The van der Waals surface area contributed by atoms with E-state index in [2.05, 4.69) is 46.8 Å². The largest absolute Gasteiger partial charge is 0.385 e. The third-order valence-electron chi connectivity index (χ3n) is 4.04. The maximum absolute atomic E-state index is 12.2. The monoisotopic (exact) mass is 338 g/mol. The lowest BCUT2D eigenvalue weighted by Crippen LogP contribution is -2.25. The summed E-state index contributed by atoms with van der Waals surface area (Å²) in [5, 5.41) is 11.3. The second-order valence-electron chi connectivity index (χ2n) is 6.04. The molecule has 0 fully saturated rings. The van der Waals surface area contributed by atoms with Gasteiger partial charge in [0.2, 0.25) is 0 Å². The zero-order valence-electron chi connectivity index (χ0n) is 14.5. The number of nitrogens with one attached hydrogen (secondary N) is 1. The van der Waals surface area contributed by atoms with Crippen molar-refractivity contribution in [2.45, 2.75) is 19.9 Å². The maximum Gasteiger partial charge on any atom is 0.251 e. The molecule has 0 saturated carbocycles. The smallest absolute Gasteiger partial charge is 0.251 e. The molecule has 6 heteroatoms. The lowest BCUT2D eigenvalue weighted by atomic mass is 10.1. The van der Waals surface area contributed by atoms with E-state index in [4.69, 9.17) is 4.74 Å². The van der Waals surface area contributed by atoms with Gasteiger partial charge in [0.15, 0.2) is 0 Å². The van der Waals surface area contributed by atoms with Crippen molar-refractivity contribution in [2.24, 2.45) is 0 Å². The van der Waals surface area contributed by atoms with Crippen LogP contribution >= 0.6 is 0 Å². The number of aryl methyl sites for hydroxylation is 1. The average molecular weight is 338 g/mol. The summed E-state index contributed by atoms with van der Waals surface area (Å²) in [5.41, 5.74) is 4.62. The molecule has 0 saturated heterocycles. The summed E-state index contributed by atoms with van der Waals surface area (Å²) in [6.45, 7) is 3.94. The van der Waals surface area contributed by atoms with Crippen molar-refractivity contribution in [2.75, 3.05) is 20.3 Å². The molecule has 130 valence electrons. The number of carbonyl (C=O) groups is 1. The Morgan fingerprint density at radius 2 is 2.00 bits per heavy atom. The normalized spacial score (nSPS) is 11.0. The van der Waals surface area contributed by atoms with E-state index >= 15 is 0 Å². The van der Waals surface area contributed by atoms with Crippen molar-refractivity contribution in [3.05, 3.63) is 59.2 Å². The number of nitrogens with zero attached hydrogens (tertiary/aromatic N) is 3. The van der Waals surface area contributed by atoms with Gasteiger partial charge in [-0.25, -0.2) is 4.68 Å². The summed E-state index contributed by atoms with van der Waals surface area (Å²) in [5.74, 6) is -0.105. The molecule has 1 N–H and O–H groups in total. The highest BCUT2D eigenvalue weighted by atomic mass is 16.5. The summed E-state index contributed by atoms with van der Waals surface area (Å²) in [6, 6.07) is 13.8. The van der Waals surface area contributed by atoms with Gasteiger partial charge in [0.05, 0.1) is 12.1 Å². The molecule has 0 atom stereocenters. The fourth-order valence-electron chi connectivity index (χ4n) is 2.62. The van der Waals surface area contributed by atoms with E-state index in [1.165, 1.54) is 5.56 Å². The highest BCUT2D eigenvalue weighted by Crippen LogP contribution is 2.15. The lowest BCUT2D eigenvalue weighted by molar-refractivity contribution is 0.0948. The standard InChI is InChI=1S/C19H22N4O2/c1-14-4-6-15(7-5-14)13-23-18-9-8-16(12-17(18)21-22-23)19(24)20-10-3-11-25-2/h4-9,12H,3,10-11,13H2,1-2H3,(H,20,24). The topological polar surface area (TPSA) is 69.0 Å². The number of aromatic nitrogens is 3. The van der Waals surface area contributed by atoms with Crippen LogP contribution in [0.25, 0.3) is 11.0 Å². The fourth-order valence-corrected chi connectivity index (χ4v) is 2.62. The van der Waals surface area contributed by atoms with Gasteiger partial charge in [-0.05, 0) is 37.1 Å². The maximum atomic E-state index is 12.2. The van der Waals surface area contributed by atoms with Crippen LogP contribution < -0.4 is 5.32 Å². The van der Waals surface area contributed by atoms with Crippen LogP contribution in [0.15, 0.2) is 42.5 Å². The Morgan fingerprint density at radius 3 is 2.76 bits per heavy atom. The Kier molecular flexibility index (Phi) is 5.40. The Balaban J connectivity index is 1.72. The van der Waals surface area contributed by atoms with Gasteiger partial charge in [-0.1, -0.05) is 35.0 Å². The molecule has 0 unspecified atom stereocenters. The van der Waals surface area contributed by atoms with E-state index in [1.54, 1.807) is 13.2 Å². The zero-order chi connectivity index (χ0) is 17.6. The van der Waals surface area contributed by atoms with Crippen LogP contribution in [0.2, 0.25) is 0 Å². The van der Waals surface area contributed by atoms with E-state index < -0.39 is 0 Å². The van der Waals surface area contributed by atoms with Crippen LogP contribution in [-0.4, -0.2) is 41.2 Å². The number of rotatable bonds is 7. The van der Waals surface area contributed by atoms with Crippen molar-refractivity contribution in [3.63, 3.8) is 0 Å². The van der Waals surface area contributed by atoms with Crippen molar-refractivity contribution in [1.82, 2.24) is 20.3 Å². The minimum Gasteiger partial charge on any atom is -0.385 e. The quantitative estimate of drug-likeness (QED) is 0.672. The molecule has 0 radical (unpaired) electrons. The minimum atomic E-state index is -0.105. The fraction of sp³-hybridized carbons (Fsp3) is 0.316. The van der Waals surface area contributed by atoms with Gasteiger partial charge in [-0.15, -0.1) is 5.10 Å². The lowest BCUT2D eigenvalue weighted by Gasteiger charge is -2.06. The molecule has 0 spiro atoms. The molecule has 0 aliphatic heterocycles. The molecule has 3 rings (SSSR count). The van der Waals surface area contributed by atoms with Gasteiger partial charge in [0, 0.05) is 25.8 Å². The first-order valence-electron chi connectivity index (χ1n) is 8.33. The van der Waals surface area contributed by atoms with Crippen molar-refractivity contribution < 1.29 is 9.53 Å². The number of methoxy groups -OCH3 is 1. The van der Waals surface area contributed by atoms with Gasteiger partial charge in [-0.2, -0.15) is 0 Å². The molecule has 0 aliphatic carbocycles. The summed E-state index contributed by atoms with van der Waals surface area (Å²) in [6.07, 6.45) is 0.789. The second kappa shape index (κ2) is 7.90. The zero-order valence-corrected chi connectivity index (χ0v) is 14.5. The van der Waals surface area contributed by atoms with Gasteiger partial charge in [-0.3, -0.25) is 4.79 Å². The van der Waals surface area contributed by atoms with Crippen molar-refractivity contribution in [3.8, 4) is 0 Å². The molecule has 0 aliphatic rings. The number of benzene rings is 2. The van der Waals surface area contributed by atoms with Gasteiger partial charge >= 0.3 is 0 Å². The van der Waals surface area contributed by atoms with E-state index in [0.717, 1.165) is 23.0 Å². The Morgan fingerprint density at radius 1 is 1.20 bits per heavy atom. The van der Waals surface area contributed by atoms with Crippen LogP contribution in [0.3, 0.4) is 0 Å². The van der Waals surface area contributed by atoms with Crippen LogP contribution in [0.4, 0.5) is 0 Å². The predicted molar refractivity (Wildman–Crippen MR) is 96.6 cm³/mol. The molecule has 1 amide bonds. The molecular weight excluding hydrogens is 316 g/mol. The summed E-state index contributed by atoms with van der Waals surface area (Å²) in [7, 11) is 1.65. The van der Waals surface area contributed by atoms with Gasteiger partial charge < -0.3 is 10.1 Å². The van der Waals surface area contributed by atoms with E-state index in [0.29, 0.717) is 25.3 Å². The third kappa shape index (κ3) is 4.22. The van der Waals surface area contributed by atoms with Crippen molar-refractivity contribution in [1.29, 1.82) is 0 Å². The number of ether oxygens (including phenoxy) is 1. The Labute approximate surface area is 146 Å². The highest BCUT2D eigenvalue weighted by molar-refractivity contribution is 5.97. The molecule has 2 aromatic carbocycles. The molecular formula is C19H22N4O2. The molecule has 1 heterocycles. The van der Waals surface area contributed by atoms with Crippen LogP contribution in [0.5, 0.6) is 0 Å². The number of amides is 1. The summed E-state index contributed by atoms with van der Waals surface area (Å²) >= 11 is 0. The molecule has 0 bridgehead atoms. The van der Waals surface area contributed by atoms with E-state index in [-0.39, 0.29) is 5.91 Å². The third-order valence-corrected chi connectivity index (χ3v) is 4.04. The summed E-state index contributed by atoms with van der Waals surface area (Å²) in [4.78, 5) is 12.2. The first-order valence-corrected chi connectivity index (χ1v) is 8.33. The van der Waals surface area contributed by atoms with Gasteiger partial charge in [0.25, 0.3) is 5.91 Å². The molecule has 1 aromatic heterocycles. The van der Waals surface area contributed by atoms with Gasteiger partial charge in [0.1, 0.15) is 5.52 Å². The second-order valence-corrected chi connectivity index (χ2v) is 6.04. The number of hydrogen-bond donors (Lipinski definition) is 1.